The van der Waals surface area contributed by atoms with Crippen molar-refractivity contribution in [2.45, 2.75) is 26.3 Å². The normalized spacial score (nSPS) is 17.0. The molecular weight excluding hydrogens is 422 g/mol. The molecule has 0 N–H and O–H groups in total. The molecule has 0 bridgehead atoms. The second-order valence-electron chi connectivity index (χ2n) is 8.36. The van der Waals surface area contributed by atoms with Gasteiger partial charge in [-0.05, 0) is 44.5 Å². The minimum atomic E-state index is -0.912. The van der Waals surface area contributed by atoms with E-state index in [1.807, 2.05) is 31.2 Å². The number of hydrogen-bond donors (Lipinski definition) is 0. The first kappa shape index (κ1) is 22.5. The second-order valence-corrected chi connectivity index (χ2v) is 8.36. The van der Waals surface area contributed by atoms with Crippen molar-refractivity contribution in [3.63, 3.8) is 0 Å². The van der Waals surface area contributed by atoms with Gasteiger partial charge in [-0.1, -0.05) is 29.8 Å². The van der Waals surface area contributed by atoms with E-state index in [-0.39, 0.29) is 18.4 Å². The van der Waals surface area contributed by atoms with Gasteiger partial charge in [-0.15, -0.1) is 0 Å². The maximum atomic E-state index is 13.1. The van der Waals surface area contributed by atoms with Gasteiger partial charge in [-0.25, -0.2) is 0 Å². The van der Waals surface area contributed by atoms with Gasteiger partial charge < -0.3 is 14.5 Å². The van der Waals surface area contributed by atoms with Crippen LogP contribution in [0.5, 0.6) is 5.75 Å². The maximum absolute atomic E-state index is 13.1. The largest absolute Gasteiger partial charge is 0.484 e. The quantitative estimate of drug-likeness (QED) is 0.653. The monoisotopic (exact) mass is 449 g/mol. The summed E-state index contributed by atoms with van der Waals surface area (Å²) >= 11 is 0. The van der Waals surface area contributed by atoms with Crippen molar-refractivity contribution in [2.24, 2.45) is 0 Å². The number of rotatable bonds is 5. The molecule has 2 aliphatic heterocycles. The molecule has 1 unspecified atom stereocenters. The van der Waals surface area contributed by atoms with Gasteiger partial charge >= 0.3 is 0 Å². The minimum absolute atomic E-state index is 0.0670. The van der Waals surface area contributed by atoms with Crippen LogP contribution in [0.25, 0.3) is 0 Å². The Morgan fingerprint density at radius 3 is 2.09 bits per heavy atom. The Morgan fingerprint density at radius 1 is 0.879 bits per heavy atom. The Morgan fingerprint density at radius 2 is 1.45 bits per heavy atom. The van der Waals surface area contributed by atoms with Crippen LogP contribution in [-0.4, -0.2) is 77.2 Å². The molecule has 2 aromatic rings. The summed E-state index contributed by atoms with van der Waals surface area (Å²) in [5.41, 5.74) is 1.76. The number of ether oxygens (including phenoxy) is 1. The highest BCUT2D eigenvalue weighted by atomic mass is 16.5. The van der Waals surface area contributed by atoms with Gasteiger partial charge in [-0.3, -0.25) is 24.1 Å². The molecule has 0 aromatic heterocycles. The minimum Gasteiger partial charge on any atom is -0.484 e. The van der Waals surface area contributed by atoms with Crippen molar-refractivity contribution in [3.05, 3.63) is 65.2 Å². The molecule has 2 heterocycles. The van der Waals surface area contributed by atoms with E-state index in [1.165, 1.54) is 0 Å². The van der Waals surface area contributed by atoms with Crippen LogP contribution in [-0.2, 0) is 9.59 Å². The van der Waals surface area contributed by atoms with Crippen LogP contribution in [0.15, 0.2) is 48.5 Å². The highest BCUT2D eigenvalue weighted by molar-refractivity contribution is 6.22. The Hall–Kier alpha value is -3.68. The summed E-state index contributed by atoms with van der Waals surface area (Å²) in [4.78, 5) is 55.6. The Labute approximate surface area is 192 Å². The summed E-state index contributed by atoms with van der Waals surface area (Å²) in [5.74, 6) is -0.698. The Kier molecular flexibility index (Phi) is 6.44. The molecule has 4 amide bonds. The van der Waals surface area contributed by atoms with Crippen molar-refractivity contribution in [1.82, 2.24) is 14.7 Å². The molecule has 0 radical (unpaired) electrons. The lowest BCUT2D eigenvalue weighted by Crippen LogP contribution is -2.50. The van der Waals surface area contributed by atoms with E-state index in [0.717, 1.165) is 10.5 Å². The number of benzene rings is 2. The molecule has 172 valence electrons. The van der Waals surface area contributed by atoms with E-state index < -0.39 is 17.9 Å². The number of nitrogens with zero attached hydrogens (tertiary/aromatic N) is 3. The third kappa shape index (κ3) is 4.60. The summed E-state index contributed by atoms with van der Waals surface area (Å²) in [7, 11) is 0. The van der Waals surface area contributed by atoms with Gasteiger partial charge in [0.2, 0.25) is 5.91 Å². The smallest absolute Gasteiger partial charge is 0.262 e. The zero-order chi connectivity index (χ0) is 23.5. The van der Waals surface area contributed by atoms with E-state index in [1.54, 1.807) is 41.0 Å². The highest BCUT2D eigenvalue weighted by Gasteiger charge is 2.41. The van der Waals surface area contributed by atoms with E-state index in [9.17, 15) is 19.2 Å². The maximum Gasteiger partial charge on any atom is 0.262 e. The van der Waals surface area contributed by atoms with Crippen LogP contribution >= 0.6 is 0 Å². The topological polar surface area (TPSA) is 87.2 Å². The van der Waals surface area contributed by atoms with Crippen molar-refractivity contribution in [1.29, 1.82) is 0 Å². The first-order valence-corrected chi connectivity index (χ1v) is 11.1. The molecule has 1 fully saturated rings. The van der Waals surface area contributed by atoms with Crippen LogP contribution in [0, 0.1) is 6.92 Å². The standard InChI is InChI=1S/C25H27N3O5/c1-17-8-10-19(11-9-17)33-16-22(29)26-12-5-13-27(15-14-26)23(30)18(2)28-24(31)20-6-3-4-7-21(20)25(28)32/h3-4,6-11,18H,5,12-16H2,1-2H3. The van der Waals surface area contributed by atoms with Gasteiger partial charge in [0.25, 0.3) is 17.7 Å². The van der Waals surface area contributed by atoms with Crippen LogP contribution in [0.3, 0.4) is 0 Å². The molecule has 4 rings (SSSR count). The number of aryl methyl sites for hydroxylation is 1. The third-order valence-corrected chi connectivity index (χ3v) is 6.11. The van der Waals surface area contributed by atoms with E-state index in [0.29, 0.717) is 49.5 Å². The number of carbonyl (C=O) groups is 4. The van der Waals surface area contributed by atoms with Crippen LogP contribution < -0.4 is 4.74 Å². The summed E-state index contributed by atoms with van der Waals surface area (Å²) in [6.07, 6.45) is 0.608. The fourth-order valence-electron chi connectivity index (χ4n) is 4.19. The summed E-state index contributed by atoms with van der Waals surface area (Å²) in [6.45, 7) is 5.17. The van der Waals surface area contributed by atoms with Gasteiger partial charge in [-0.2, -0.15) is 0 Å². The zero-order valence-corrected chi connectivity index (χ0v) is 18.8. The van der Waals surface area contributed by atoms with Gasteiger partial charge in [0.15, 0.2) is 6.61 Å². The lowest BCUT2D eigenvalue weighted by molar-refractivity contribution is -0.136. The first-order chi connectivity index (χ1) is 15.9. The van der Waals surface area contributed by atoms with Gasteiger partial charge in [0.05, 0.1) is 11.1 Å². The summed E-state index contributed by atoms with van der Waals surface area (Å²) in [5, 5.41) is 0. The molecule has 8 nitrogen and oxygen atoms in total. The van der Waals surface area contributed by atoms with Crippen molar-refractivity contribution in [2.75, 3.05) is 32.8 Å². The van der Waals surface area contributed by atoms with E-state index in [4.69, 9.17) is 4.74 Å². The predicted octanol–water partition coefficient (Wildman–Crippen LogP) is 2.12. The predicted molar refractivity (Wildman–Crippen MR) is 121 cm³/mol. The molecular formula is C25H27N3O5. The van der Waals surface area contributed by atoms with Crippen LogP contribution in [0.1, 0.15) is 39.6 Å². The average molecular weight is 450 g/mol. The molecule has 2 aliphatic rings. The van der Waals surface area contributed by atoms with Crippen molar-refractivity contribution in [3.8, 4) is 5.75 Å². The Balaban J connectivity index is 1.34. The fraction of sp³-hybridized carbons (Fsp3) is 0.360. The number of imide groups is 1. The van der Waals surface area contributed by atoms with Crippen molar-refractivity contribution >= 4 is 23.6 Å². The zero-order valence-electron chi connectivity index (χ0n) is 18.8. The SMILES string of the molecule is Cc1ccc(OCC(=O)N2CCCN(C(=O)C(C)N3C(=O)c4ccccc4C3=O)CC2)cc1. The molecule has 2 aromatic carbocycles. The summed E-state index contributed by atoms with van der Waals surface area (Å²) in [6, 6.07) is 13.2. The van der Waals surface area contributed by atoms with E-state index >= 15 is 0 Å². The van der Waals surface area contributed by atoms with Gasteiger partial charge in [0.1, 0.15) is 11.8 Å². The molecule has 1 saturated heterocycles. The van der Waals surface area contributed by atoms with Crippen LogP contribution in [0.4, 0.5) is 0 Å². The van der Waals surface area contributed by atoms with Crippen LogP contribution in [0.2, 0.25) is 0 Å². The Bertz CT molecular complexity index is 1050. The molecule has 1 atom stereocenters. The summed E-state index contributed by atoms with van der Waals surface area (Å²) < 4.78 is 5.60. The fourth-order valence-corrected chi connectivity index (χ4v) is 4.19. The van der Waals surface area contributed by atoms with E-state index in [2.05, 4.69) is 0 Å². The molecule has 0 spiro atoms. The third-order valence-electron chi connectivity index (χ3n) is 6.11. The second kappa shape index (κ2) is 9.44. The lowest BCUT2D eigenvalue weighted by atomic mass is 10.1. The number of carbonyl (C=O) groups excluding carboxylic acids is 4. The molecule has 8 heteroatoms. The molecule has 33 heavy (non-hydrogen) atoms. The lowest BCUT2D eigenvalue weighted by Gasteiger charge is -2.28. The number of fused-ring (bicyclic) bond motifs is 1. The first-order valence-electron chi connectivity index (χ1n) is 11.1. The highest BCUT2D eigenvalue weighted by Crippen LogP contribution is 2.25. The number of hydrogen-bond acceptors (Lipinski definition) is 5. The average Bonchev–Trinajstić information content (AvgIpc) is 2.98. The molecule has 0 saturated carbocycles. The molecule has 0 aliphatic carbocycles. The number of amides is 4. The van der Waals surface area contributed by atoms with Gasteiger partial charge in [0, 0.05) is 26.2 Å². The van der Waals surface area contributed by atoms with Crippen molar-refractivity contribution < 1.29 is 23.9 Å².